The number of nitrogens with one attached hydrogen (secondary N) is 1. The third kappa shape index (κ3) is 3.17. The van der Waals surface area contributed by atoms with Crippen LogP contribution in [0.5, 0.6) is 5.88 Å². The van der Waals surface area contributed by atoms with Crippen molar-refractivity contribution in [3.63, 3.8) is 0 Å². The number of rotatable bonds is 4. The van der Waals surface area contributed by atoms with Crippen molar-refractivity contribution >= 4 is 11.7 Å². The molecule has 2 aromatic heterocycles. The Morgan fingerprint density at radius 2 is 2.17 bits per heavy atom. The number of aromatic nitrogens is 4. The van der Waals surface area contributed by atoms with Crippen LogP contribution in [0.3, 0.4) is 0 Å². The summed E-state index contributed by atoms with van der Waals surface area (Å²) in [5.74, 6) is 1.22. The predicted octanol–water partition coefficient (Wildman–Crippen LogP) is 1.18. The maximum Gasteiger partial charge on any atom is 0.257 e. The van der Waals surface area contributed by atoms with Crippen molar-refractivity contribution in [1.82, 2.24) is 25.1 Å². The Kier molecular flexibility index (Phi) is 4.37. The first-order valence-corrected chi connectivity index (χ1v) is 7.92. The number of aryl methyl sites for hydroxylation is 2. The second-order valence-electron chi connectivity index (χ2n) is 6.20. The number of likely N-dealkylation sites (tertiary alicyclic amines) is 1. The summed E-state index contributed by atoms with van der Waals surface area (Å²) in [6.45, 7) is 4.90. The van der Waals surface area contributed by atoms with E-state index in [9.17, 15) is 4.79 Å². The minimum atomic E-state index is -0.0758. The van der Waals surface area contributed by atoms with Gasteiger partial charge in [-0.15, -0.1) is 0 Å². The number of H-pyrrole nitrogens is 1. The summed E-state index contributed by atoms with van der Waals surface area (Å²) in [6, 6.07) is 0. The van der Waals surface area contributed by atoms with Crippen LogP contribution in [-0.4, -0.2) is 64.3 Å². The maximum atomic E-state index is 12.7. The van der Waals surface area contributed by atoms with E-state index in [2.05, 4.69) is 20.2 Å². The molecule has 0 aromatic carbocycles. The molecule has 0 bridgehead atoms. The zero-order valence-corrected chi connectivity index (χ0v) is 14.4. The first-order valence-electron chi connectivity index (χ1n) is 7.92. The fourth-order valence-corrected chi connectivity index (χ4v) is 2.81. The van der Waals surface area contributed by atoms with E-state index in [0.717, 1.165) is 23.6 Å². The van der Waals surface area contributed by atoms with Crippen LogP contribution in [0, 0.1) is 13.8 Å². The lowest BCUT2D eigenvalue weighted by Gasteiger charge is -2.18. The van der Waals surface area contributed by atoms with E-state index in [1.54, 1.807) is 17.3 Å². The first kappa shape index (κ1) is 16.2. The number of aromatic amines is 1. The summed E-state index contributed by atoms with van der Waals surface area (Å²) in [7, 11) is 3.80. The largest absolute Gasteiger partial charge is 0.471 e. The van der Waals surface area contributed by atoms with E-state index in [1.807, 2.05) is 32.8 Å². The molecule has 8 heteroatoms. The Balaban J connectivity index is 1.65. The van der Waals surface area contributed by atoms with Gasteiger partial charge in [-0.05, 0) is 13.8 Å². The van der Waals surface area contributed by atoms with E-state index in [1.165, 1.54) is 0 Å². The van der Waals surface area contributed by atoms with Crippen LogP contribution in [0.2, 0.25) is 0 Å². The van der Waals surface area contributed by atoms with Crippen LogP contribution in [0.15, 0.2) is 12.4 Å². The second kappa shape index (κ2) is 6.46. The number of hydrogen-bond donors (Lipinski definition) is 1. The van der Waals surface area contributed by atoms with Crippen molar-refractivity contribution in [2.45, 2.75) is 26.4 Å². The molecule has 128 valence electrons. The van der Waals surface area contributed by atoms with Gasteiger partial charge in [0.1, 0.15) is 6.10 Å². The number of carbonyl (C=O) groups is 1. The summed E-state index contributed by atoms with van der Waals surface area (Å²) in [5, 5.41) is 6.95. The number of amides is 1. The number of carbonyl (C=O) groups excluding carboxylic acids is 1. The molecule has 1 saturated heterocycles. The second-order valence-corrected chi connectivity index (χ2v) is 6.20. The Morgan fingerprint density at radius 1 is 1.38 bits per heavy atom. The smallest absolute Gasteiger partial charge is 0.257 e. The Morgan fingerprint density at radius 3 is 2.83 bits per heavy atom. The van der Waals surface area contributed by atoms with Crippen molar-refractivity contribution < 1.29 is 9.53 Å². The Hall–Kier alpha value is -2.64. The summed E-state index contributed by atoms with van der Waals surface area (Å²) >= 11 is 0. The highest BCUT2D eigenvalue weighted by molar-refractivity contribution is 5.96. The Labute approximate surface area is 140 Å². The standard InChI is InChI=1S/C16H22N6O2/c1-10-15(11(2)20-19-10)16(23)22-6-5-12(9-22)24-14-8-17-7-13(18-14)21(3)4/h7-8,12H,5-6,9H2,1-4H3,(H,19,20)/t12-/m0/s1. The molecule has 3 heterocycles. The van der Waals surface area contributed by atoms with Gasteiger partial charge in [-0.1, -0.05) is 0 Å². The van der Waals surface area contributed by atoms with Gasteiger partial charge in [-0.2, -0.15) is 10.1 Å². The summed E-state index contributed by atoms with van der Waals surface area (Å²) in [5.41, 5.74) is 2.18. The summed E-state index contributed by atoms with van der Waals surface area (Å²) < 4.78 is 5.91. The highest BCUT2D eigenvalue weighted by Gasteiger charge is 2.30. The lowest BCUT2D eigenvalue weighted by atomic mass is 10.2. The third-order valence-corrected chi connectivity index (χ3v) is 4.12. The number of nitrogens with zero attached hydrogens (tertiary/aromatic N) is 5. The van der Waals surface area contributed by atoms with Crippen LogP contribution in [0.4, 0.5) is 5.82 Å². The molecular weight excluding hydrogens is 308 g/mol. The molecule has 0 aliphatic carbocycles. The molecule has 3 rings (SSSR count). The van der Waals surface area contributed by atoms with Gasteiger partial charge in [-0.3, -0.25) is 14.9 Å². The normalized spacial score (nSPS) is 17.2. The van der Waals surface area contributed by atoms with Crippen molar-refractivity contribution in [2.24, 2.45) is 0 Å². The van der Waals surface area contributed by atoms with Crippen LogP contribution in [0.1, 0.15) is 28.2 Å². The lowest BCUT2D eigenvalue weighted by molar-refractivity contribution is 0.0769. The molecule has 0 radical (unpaired) electrons. The molecule has 1 amide bonds. The third-order valence-electron chi connectivity index (χ3n) is 4.12. The van der Waals surface area contributed by atoms with Crippen LogP contribution >= 0.6 is 0 Å². The quantitative estimate of drug-likeness (QED) is 0.906. The molecule has 0 saturated carbocycles. The van der Waals surface area contributed by atoms with E-state index in [4.69, 9.17) is 4.74 Å². The van der Waals surface area contributed by atoms with Gasteiger partial charge in [0.05, 0.1) is 30.2 Å². The molecule has 8 nitrogen and oxygen atoms in total. The van der Waals surface area contributed by atoms with E-state index in [-0.39, 0.29) is 12.0 Å². The average molecular weight is 330 g/mol. The van der Waals surface area contributed by atoms with E-state index >= 15 is 0 Å². The predicted molar refractivity (Wildman–Crippen MR) is 89.4 cm³/mol. The zero-order valence-electron chi connectivity index (χ0n) is 14.4. The molecule has 1 N–H and O–H groups in total. The van der Waals surface area contributed by atoms with Crippen LogP contribution in [-0.2, 0) is 0 Å². The van der Waals surface area contributed by atoms with Gasteiger partial charge in [0.25, 0.3) is 5.91 Å². The first-order chi connectivity index (χ1) is 11.5. The number of hydrogen-bond acceptors (Lipinski definition) is 6. The molecule has 1 aliphatic heterocycles. The average Bonchev–Trinajstić information content (AvgIpc) is 3.14. The summed E-state index contributed by atoms with van der Waals surface area (Å²) in [4.78, 5) is 24.9. The zero-order chi connectivity index (χ0) is 17.3. The van der Waals surface area contributed by atoms with Crippen LogP contribution < -0.4 is 9.64 Å². The molecule has 1 atom stereocenters. The molecule has 1 fully saturated rings. The minimum absolute atomic E-state index is 0.00187. The maximum absolute atomic E-state index is 12.7. The summed E-state index contributed by atoms with van der Waals surface area (Å²) in [6.07, 6.45) is 3.98. The molecule has 24 heavy (non-hydrogen) atoms. The van der Waals surface area contributed by atoms with Gasteiger partial charge in [0, 0.05) is 32.8 Å². The fourth-order valence-electron chi connectivity index (χ4n) is 2.81. The fraction of sp³-hybridized carbons (Fsp3) is 0.500. The molecule has 1 aliphatic rings. The van der Waals surface area contributed by atoms with Crippen molar-refractivity contribution in [3.8, 4) is 5.88 Å². The van der Waals surface area contributed by atoms with Crippen molar-refractivity contribution in [1.29, 1.82) is 0 Å². The van der Waals surface area contributed by atoms with Crippen molar-refractivity contribution in [2.75, 3.05) is 32.1 Å². The SMILES string of the molecule is Cc1n[nH]c(C)c1C(=O)N1CC[C@H](Oc2cncc(N(C)C)n2)C1. The molecule has 2 aromatic rings. The van der Waals surface area contributed by atoms with Crippen molar-refractivity contribution in [3.05, 3.63) is 29.3 Å². The van der Waals surface area contributed by atoms with Gasteiger partial charge < -0.3 is 14.5 Å². The van der Waals surface area contributed by atoms with Gasteiger partial charge >= 0.3 is 0 Å². The van der Waals surface area contributed by atoms with Gasteiger partial charge in [0.2, 0.25) is 5.88 Å². The lowest BCUT2D eigenvalue weighted by Crippen LogP contribution is -2.31. The van der Waals surface area contributed by atoms with Crippen LogP contribution in [0.25, 0.3) is 0 Å². The van der Waals surface area contributed by atoms with Gasteiger partial charge in [-0.25, -0.2) is 0 Å². The number of ether oxygens (including phenoxy) is 1. The minimum Gasteiger partial charge on any atom is -0.471 e. The Bertz CT molecular complexity index is 722. The van der Waals surface area contributed by atoms with E-state index < -0.39 is 0 Å². The topological polar surface area (TPSA) is 87.2 Å². The highest BCUT2D eigenvalue weighted by Crippen LogP contribution is 2.21. The molecular formula is C16H22N6O2. The number of anilines is 1. The van der Waals surface area contributed by atoms with E-state index in [0.29, 0.717) is 24.5 Å². The molecule has 0 unspecified atom stereocenters. The highest BCUT2D eigenvalue weighted by atomic mass is 16.5. The van der Waals surface area contributed by atoms with Gasteiger partial charge in [0.15, 0.2) is 5.82 Å². The molecule has 0 spiro atoms. The monoisotopic (exact) mass is 330 g/mol.